The van der Waals surface area contributed by atoms with Gasteiger partial charge in [-0.05, 0) is 49.1 Å². The number of methoxy groups -OCH3 is 2. The van der Waals surface area contributed by atoms with Crippen LogP contribution in [-0.4, -0.2) is 42.3 Å². The molecule has 0 fully saturated rings. The van der Waals surface area contributed by atoms with E-state index in [4.69, 9.17) is 21.1 Å². The molecule has 7 heteroatoms. The van der Waals surface area contributed by atoms with E-state index in [1.54, 1.807) is 25.8 Å². The van der Waals surface area contributed by atoms with Crippen molar-refractivity contribution < 1.29 is 14.3 Å². The minimum Gasteiger partial charge on any atom is -0.497 e. The first kappa shape index (κ1) is 19.8. The summed E-state index contributed by atoms with van der Waals surface area (Å²) in [5.74, 6) is 6.32. The van der Waals surface area contributed by atoms with Crippen LogP contribution in [0.5, 0.6) is 5.75 Å². The second-order valence-electron chi connectivity index (χ2n) is 6.06. The average Bonchev–Trinajstić information content (AvgIpc) is 2.95. The van der Waals surface area contributed by atoms with E-state index in [-0.39, 0.29) is 11.2 Å². The number of benzene rings is 1. The average molecular weight is 376 g/mol. The number of nitrogens with zero attached hydrogens (tertiary/aromatic N) is 2. The molecule has 2 aromatic rings. The zero-order valence-electron chi connectivity index (χ0n) is 15.5. The highest BCUT2D eigenvalue weighted by molar-refractivity contribution is 6.29. The maximum atomic E-state index is 12.4. The number of hydrogen-bond acceptors (Lipinski definition) is 4. The Balaban J connectivity index is 2.46. The normalized spacial score (nSPS) is 10.8. The van der Waals surface area contributed by atoms with E-state index in [0.29, 0.717) is 17.9 Å². The molecule has 1 aromatic carbocycles. The van der Waals surface area contributed by atoms with Gasteiger partial charge in [-0.2, -0.15) is 0 Å². The summed E-state index contributed by atoms with van der Waals surface area (Å²) in [6.45, 7) is 4.04. The third-order valence-electron chi connectivity index (χ3n) is 3.86. The highest BCUT2D eigenvalue weighted by atomic mass is 35.5. The standard InChI is InChI=1S/C19H22ClN3O3/c1-19(2,26-5)11-10-15-16(17(24)21-3)23(18(20)22-15)12-13-6-8-14(25-4)9-7-13/h6-9H,12H2,1-5H3,(H,21,24). The van der Waals surface area contributed by atoms with Gasteiger partial charge in [0.05, 0.1) is 13.7 Å². The van der Waals surface area contributed by atoms with Crippen LogP contribution >= 0.6 is 11.6 Å². The Morgan fingerprint density at radius 3 is 2.50 bits per heavy atom. The van der Waals surface area contributed by atoms with Gasteiger partial charge in [-0.1, -0.05) is 18.1 Å². The van der Waals surface area contributed by atoms with Gasteiger partial charge in [-0.3, -0.25) is 4.79 Å². The smallest absolute Gasteiger partial charge is 0.270 e. The van der Waals surface area contributed by atoms with Gasteiger partial charge in [0.15, 0.2) is 0 Å². The number of ether oxygens (including phenoxy) is 2. The molecular weight excluding hydrogens is 354 g/mol. The van der Waals surface area contributed by atoms with Crippen LogP contribution in [0, 0.1) is 11.8 Å². The first-order valence-electron chi connectivity index (χ1n) is 8.00. The SMILES string of the molecule is CNC(=O)c1c(C#CC(C)(C)OC)nc(Cl)n1Cc1ccc(OC)cc1. The Morgan fingerprint density at radius 1 is 1.31 bits per heavy atom. The molecule has 2 rings (SSSR count). The van der Waals surface area contributed by atoms with Crippen LogP contribution in [0.1, 0.15) is 35.6 Å². The van der Waals surface area contributed by atoms with Gasteiger partial charge in [-0.15, -0.1) is 0 Å². The fourth-order valence-corrected chi connectivity index (χ4v) is 2.41. The predicted molar refractivity (Wildman–Crippen MR) is 101 cm³/mol. The van der Waals surface area contributed by atoms with Crippen molar-refractivity contribution in [3.63, 3.8) is 0 Å². The van der Waals surface area contributed by atoms with E-state index in [9.17, 15) is 4.79 Å². The first-order chi connectivity index (χ1) is 12.3. The number of nitrogens with one attached hydrogen (secondary N) is 1. The molecule has 138 valence electrons. The van der Waals surface area contributed by atoms with Crippen LogP contribution in [0.25, 0.3) is 0 Å². The summed E-state index contributed by atoms with van der Waals surface area (Å²) in [6, 6.07) is 7.51. The van der Waals surface area contributed by atoms with Crippen molar-refractivity contribution in [2.24, 2.45) is 0 Å². The van der Waals surface area contributed by atoms with Gasteiger partial charge in [0.1, 0.15) is 22.7 Å². The lowest BCUT2D eigenvalue weighted by molar-refractivity contribution is 0.0741. The third kappa shape index (κ3) is 4.57. The minimum atomic E-state index is -0.661. The summed E-state index contributed by atoms with van der Waals surface area (Å²) in [5, 5.41) is 2.81. The second kappa shape index (κ2) is 8.26. The molecule has 0 atom stereocenters. The summed E-state index contributed by atoms with van der Waals surface area (Å²) in [4.78, 5) is 16.7. The number of aromatic nitrogens is 2. The summed E-state index contributed by atoms with van der Waals surface area (Å²) in [5.41, 5.74) is 0.916. The maximum absolute atomic E-state index is 12.4. The molecule has 0 saturated carbocycles. The van der Waals surface area contributed by atoms with Crippen molar-refractivity contribution in [3.8, 4) is 17.6 Å². The lowest BCUT2D eigenvalue weighted by Gasteiger charge is -2.14. The molecule has 26 heavy (non-hydrogen) atoms. The molecule has 0 saturated heterocycles. The Kier molecular flexibility index (Phi) is 6.30. The quantitative estimate of drug-likeness (QED) is 0.816. The number of carbonyl (C=O) groups excluding carboxylic acids is 1. The molecule has 1 heterocycles. The number of amides is 1. The second-order valence-corrected chi connectivity index (χ2v) is 6.39. The van der Waals surface area contributed by atoms with Crippen LogP contribution in [0.2, 0.25) is 5.28 Å². The molecular formula is C19H22ClN3O3. The molecule has 0 aliphatic heterocycles. The fraction of sp³-hybridized carbons (Fsp3) is 0.368. The van der Waals surface area contributed by atoms with Gasteiger partial charge in [0.2, 0.25) is 5.28 Å². The molecule has 0 aliphatic rings. The molecule has 1 aromatic heterocycles. The number of halogens is 1. The van der Waals surface area contributed by atoms with Crippen molar-refractivity contribution >= 4 is 17.5 Å². The van der Waals surface area contributed by atoms with E-state index in [1.165, 1.54) is 0 Å². The van der Waals surface area contributed by atoms with Gasteiger partial charge in [0, 0.05) is 14.2 Å². The molecule has 1 amide bonds. The van der Waals surface area contributed by atoms with Crippen LogP contribution < -0.4 is 10.1 Å². The summed E-state index contributed by atoms with van der Waals surface area (Å²) < 4.78 is 12.1. The van der Waals surface area contributed by atoms with E-state index in [1.807, 2.05) is 38.1 Å². The Labute approximate surface area is 158 Å². The largest absolute Gasteiger partial charge is 0.497 e. The summed E-state index contributed by atoms with van der Waals surface area (Å²) in [6.07, 6.45) is 0. The molecule has 0 aliphatic carbocycles. The highest BCUT2D eigenvalue weighted by Gasteiger charge is 2.21. The minimum absolute atomic E-state index is 0.193. The number of hydrogen-bond donors (Lipinski definition) is 1. The van der Waals surface area contributed by atoms with E-state index in [2.05, 4.69) is 22.1 Å². The van der Waals surface area contributed by atoms with Gasteiger partial charge < -0.3 is 19.4 Å². The van der Waals surface area contributed by atoms with E-state index >= 15 is 0 Å². The number of imidazole rings is 1. The zero-order valence-corrected chi connectivity index (χ0v) is 16.3. The topological polar surface area (TPSA) is 65.4 Å². The van der Waals surface area contributed by atoms with Crippen LogP contribution in [0.4, 0.5) is 0 Å². The lowest BCUT2D eigenvalue weighted by Crippen LogP contribution is -2.23. The van der Waals surface area contributed by atoms with Crippen molar-refractivity contribution in [1.82, 2.24) is 14.9 Å². The predicted octanol–water partition coefficient (Wildman–Crippen LogP) is 2.73. The van der Waals surface area contributed by atoms with E-state index < -0.39 is 5.60 Å². The number of carbonyl (C=O) groups is 1. The van der Waals surface area contributed by atoms with Crippen LogP contribution in [-0.2, 0) is 11.3 Å². The van der Waals surface area contributed by atoms with Crippen molar-refractivity contribution in [1.29, 1.82) is 0 Å². The lowest BCUT2D eigenvalue weighted by atomic mass is 10.1. The summed E-state index contributed by atoms with van der Waals surface area (Å²) >= 11 is 6.29. The Morgan fingerprint density at radius 2 is 1.96 bits per heavy atom. The Hall–Kier alpha value is -2.49. The summed E-state index contributed by atoms with van der Waals surface area (Å²) in [7, 11) is 4.73. The third-order valence-corrected chi connectivity index (χ3v) is 4.14. The molecule has 0 radical (unpaired) electrons. The van der Waals surface area contributed by atoms with E-state index in [0.717, 1.165) is 11.3 Å². The number of rotatable bonds is 5. The molecule has 0 spiro atoms. The van der Waals surface area contributed by atoms with Crippen molar-refractivity contribution in [2.75, 3.05) is 21.3 Å². The van der Waals surface area contributed by atoms with Crippen LogP contribution in [0.15, 0.2) is 24.3 Å². The van der Waals surface area contributed by atoms with Crippen molar-refractivity contribution in [3.05, 3.63) is 46.5 Å². The fourth-order valence-electron chi connectivity index (χ4n) is 2.18. The zero-order chi connectivity index (χ0) is 19.3. The van der Waals surface area contributed by atoms with Crippen molar-refractivity contribution in [2.45, 2.75) is 26.0 Å². The van der Waals surface area contributed by atoms with Crippen LogP contribution in [0.3, 0.4) is 0 Å². The van der Waals surface area contributed by atoms with Gasteiger partial charge in [0.25, 0.3) is 5.91 Å². The maximum Gasteiger partial charge on any atom is 0.270 e. The molecule has 0 bridgehead atoms. The highest BCUT2D eigenvalue weighted by Crippen LogP contribution is 2.20. The molecule has 6 nitrogen and oxygen atoms in total. The first-order valence-corrected chi connectivity index (χ1v) is 8.38. The van der Waals surface area contributed by atoms with Gasteiger partial charge >= 0.3 is 0 Å². The Bertz CT molecular complexity index is 845. The monoisotopic (exact) mass is 375 g/mol. The van der Waals surface area contributed by atoms with Gasteiger partial charge in [-0.25, -0.2) is 4.98 Å². The molecule has 1 N–H and O–H groups in total. The molecule has 0 unspecified atom stereocenters.